The molecule has 0 fully saturated rings. The highest BCUT2D eigenvalue weighted by Crippen LogP contribution is 2.33. The molecular formula is C18H14ClN. The summed E-state index contributed by atoms with van der Waals surface area (Å²) in [5.41, 5.74) is 4.68. The van der Waals surface area contributed by atoms with Gasteiger partial charge in [-0.05, 0) is 36.1 Å². The van der Waals surface area contributed by atoms with Crippen LogP contribution in [0.5, 0.6) is 0 Å². The minimum absolute atomic E-state index is 0.867. The van der Waals surface area contributed by atoms with Gasteiger partial charge in [-0.1, -0.05) is 54.1 Å². The van der Waals surface area contributed by atoms with E-state index >= 15 is 0 Å². The van der Waals surface area contributed by atoms with Crippen molar-refractivity contribution in [3.8, 4) is 0 Å². The van der Waals surface area contributed by atoms with Gasteiger partial charge in [0.15, 0.2) is 0 Å². The topological polar surface area (TPSA) is 15.8 Å². The second-order valence-corrected chi connectivity index (χ2v) is 5.59. The van der Waals surface area contributed by atoms with Crippen LogP contribution in [0, 0.1) is 0 Å². The first kappa shape index (κ1) is 11.8. The van der Waals surface area contributed by atoms with Crippen molar-refractivity contribution in [1.82, 2.24) is 4.98 Å². The van der Waals surface area contributed by atoms with Crippen LogP contribution in [-0.4, -0.2) is 4.98 Å². The Morgan fingerprint density at radius 1 is 0.850 bits per heavy atom. The van der Waals surface area contributed by atoms with E-state index in [4.69, 9.17) is 11.6 Å². The van der Waals surface area contributed by atoms with Crippen LogP contribution in [0.2, 0.25) is 0 Å². The third kappa shape index (κ3) is 1.78. The molecule has 20 heavy (non-hydrogen) atoms. The molecule has 1 aliphatic carbocycles. The lowest BCUT2D eigenvalue weighted by atomic mass is 9.98. The van der Waals surface area contributed by atoms with Gasteiger partial charge in [-0.3, -0.25) is 0 Å². The Bertz CT molecular complexity index is 867. The molecule has 3 aromatic rings. The maximum atomic E-state index is 6.33. The van der Waals surface area contributed by atoms with Crippen molar-refractivity contribution in [3.05, 3.63) is 65.2 Å². The number of halogens is 1. The lowest BCUT2D eigenvalue weighted by Gasteiger charge is -2.11. The normalized spacial score (nSPS) is 15.4. The molecule has 1 heterocycles. The standard InChI is InChI=1S/C18H14ClN/c19-16-7-3-1-5-13(16)12-9-10-15-14-6-2-4-8-17(14)20-18(15)11-12/h2,4-11,20H,1,3H2. The summed E-state index contributed by atoms with van der Waals surface area (Å²) in [5.74, 6) is 0. The van der Waals surface area contributed by atoms with E-state index in [9.17, 15) is 0 Å². The van der Waals surface area contributed by atoms with Crippen molar-refractivity contribution >= 4 is 39.0 Å². The van der Waals surface area contributed by atoms with Gasteiger partial charge in [0.2, 0.25) is 0 Å². The van der Waals surface area contributed by atoms with Gasteiger partial charge in [-0.25, -0.2) is 0 Å². The molecule has 0 unspecified atom stereocenters. The van der Waals surface area contributed by atoms with Crippen LogP contribution in [0.4, 0.5) is 0 Å². The van der Waals surface area contributed by atoms with Crippen molar-refractivity contribution in [2.45, 2.75) is 12.8 Å². The number of aromatic amines is 1. The summed E-state index contributed by atoms with van der Waals surface area (Å²) in [4.78, 5) is 3.48. The van der Waals surface area contributed by atoms with E-state index in [0.29, 0.717) is 0 Å². The van der Waals surface area contributed by atoms with Gasteiger partial charge in [-0.2, -0.15) is 0 Å². The summed E-state index contributed by atoms with van der Waals surface area (Å²) in [5, 5.41) is 3.40. The molecule has 0 aliphatic heterocycles. The second-order valence-electron chi connectivity index (χ2n) is 5.18. The van der Waals surface area contributed by atoms with Crippen LogP contribution in [-0.2, 0) is 0 Å². The third-order valence-electron chi connectivity index (χ3n) is 3.91. The van der Waals surface area contributed by atoms with Gasteiger partial charge in [0.25, 0.3) is 0 Å². The number of para-hydroxylation sites is 1. The number of fused-ring (bicyclic) bond motifs is 3. The Hall–Kier alpha value is -1.99. The molecule has 1 aliphatic rings. The van der Waals surface area contributed by atoms with Crippen molar-refractivity contribution in [1.29, 1.82) is 0 Å². The smallest absolute Gasteiger partial charge is 0.0471 e. The molecular weight excluding hydrogens is 266 g/mol. The van der Waals surface area contributed by atoms with E-state index in [2.05, 4.69) is 59.6 Å². The van der Waals surface area contributed by atoms with E-state index in [1.165, 1.54) is 27.4 Å². The highest BCUT2D eigenvalue weighted by atomic mass is 35.5. The van der Waals surface area contributed by atoms with E-state index in [1.807, 2.05) is 0 Å². The molecule has 98 valence electrons. The fourth-order valence-corrected chi connectivity index (χ4v) is 3.22. The molecule has 0 radical (unpaired) electrons. The van der Waals surface area contributed by atoms with Crippen LogP contribution < -0.4 is 0 Å². The van der Waals surface area contributed by atoms with Crippen LogP contribution in [0.3, 0.4) is 0 Å². The number of allylic oxidation sites excluding steroid dienone is 4. The monoisotopic (exact) mass is 279 g/mol. The largest absolute Gasteiger partial charge is 0.354 e. The first-order valence-corrected chi connectivity index (χ1v) is 7.28. The molecule has 0 spiro atoms. The zero-order valence-electron chi connectivity index (χ0n) is 11.0. The Labute approximate surface area is 122 Å². The molecule has 2 heteroatoms. The van der Waals surface area contributed by atoms with Crippen LogP contribution in [0.1, 0.15) is 18.4 Å². The molecule has 0 amide bonds. The zero-order chi connectivity index (χ0) is 13.5. The number of benzene rings is 2. The Morgan fingerprint density at radius 3 is 2.55 bits per heavy atom. The highest BCUT2D eigenvalue weighted by molar-refractivity contribution is 6.37. The Morgan fingerprint density at radius 2 is 1.65 bits per heavy atom. The van der Waals surface area contributed by atoms with E-state index in [-0.39, 0.29) is 0 Å². The molecule has 1 N–H and O–H groups in total. The van der Waals surface area contributed by atoms with Gasteiger partial charge in [-0.15, -0.1) is 0 Å². The molecule has 4 rings (SSSR count). The molecule has 0 atom stereocenters. The summed E-state index contributed by atoms with van der Waals surface area (Å²) in [6, 6.07) is 14.9. The summed E-state index contributed by atoms with van der Waals surface area (Å²) in [7, 11) is 0. The van der Waals surface area contributed by atoms with Gasteiger partial charge in [0, 0.05) is 26.8 Å². The van der Waals surface area contributed by atoms with Crippen molar-refractivity contribution in [2.75, 3.05) is 0 Å². The first-order chi connectivity index (χ1) is 9.83. The molecule has 1 nitrogen and oxygen atoms in total. The molecule has 1 aromatic heterocycles. The maximum absolute atomic E-state index is 6.33. The third-order valence-corrected chi connectivity index (χ3v) is 4.27. The van der Waals surface area contributed by atoms with Crippen LogP contribution in [0.15, 0.2) is 59.6 Å². The predicted molar refractivity (Wildman–Crippen MR) is 87.0 cm³/mol. The molecule has 0 saturated carbocycles. The van der Waals surface area contributed by atoms with Gasteiger partial charge >= 0.3 is 0 Å². The Balaban J connectivity index is 1.93. The van der Waals surface area contributed by atoms with Crippen LogP contribution >= 0.6 is 11.6 Å². The zero-order valence-corrected chi connectivity index (χ0v) is 11.7. The van der Waals surface area contributed by atoms with E-state index < -0.39 is 0 Å². The second kappa shape index (κ2) is 4.53. The minimum atomic E-state index is 0.867. The molecule has 0 bridgehead atoms. The van der Waals surface area contributed by atoms with Crippen molar-refractivity contribution < 1.29 is 0 Å². The average Bonchev–Trinajstić information content (AvgIpc) is 2.85. The summed E-state index contributed by atoms with van der Waals surface area (Å²) in [6.07, 6.45) is 6.44. The summed E-state index contributed by atoms with van der Waals surface area (Å²) >= 11 is 6.33. The number of hydrogen-bond acceptors (Lipinski definition) is 0. The van der Waals surface area contributed by atoms with E-state index in [1.54, 1.807) is 0 Å². The van der Waals surface area contributed by atoms with Gasteiger partial charge in [0.05, 0.1) is 0 Å². The lowest BCUT2D eigenvalue weighted by Crippen LogP contribution is -1.90. The number of nitrogens with one attached hydrogen (secondary N) is 1. The fraction of sp³-hybridized carbons (Fsp3) is 0.111. The summed E-state index contributed by atoms with van der Waals surface area (Å²) in [6.45, 7) is 0. The highest BCUT2D eigenvalue weighted by Gasteiger charge is 2.11. The van der Waals surface area contributed by atoms with Gasteiger partial charge < -0.3 is 4.98 Å². The van der Waals surface area contributed by atoms with Crippen LogP contribution in [0.25, 0.3) is 27.4 Å². The van der Waals surface area contributed by atoms with Crippen molar-refractivity contribution in [2.24, 2.45) is 0 Å². The predicted octanol–water partition coefficient (Wildman–Crippen LogP) is 5.62. The number of hydrogen-bond donors (Lipinski definition) is 1. The lowest BCUT2D eigenvalue weighted by molar-refractivity contribution is 1.04. The number of rotatable bonds is 1. The van der Waals surface area contributed by atoms with Gasteiger partial charge in [0.1, 0.15) is 0 Å². The minimum Gasteiger partial charge on any atom is -0.354 e. The molecule has 2 aromatic carbocycles. The number of H-pyrrole nitrogens is 1. The SMILES string of the molecule is ClC1=CCCC=C1c1ccc2c(c1)[nH]c1ccccc12. The fourth-order valence-electron chi connectivity index (χ4n) is 2.92. The van der Waals surface area contributed by atoms with Crippen molar-refractivity contribution in [3.63, 3.8) is 0 Å². The summed E-state index contributed by atoms with van der Waals surface area (Å²) < 4.78 is 0. The maximum Gasteiger partial charge on any atom is 0.0471 e. The molecule has 0 saturated heterocycles. The van der Waals surface area contributed by atoms with E-state index in [0.717, 1.165) is 23.4 Å². The average molecular weight is 280 g/mol. The quantitative estimate of drug-likeness (QED) is 0.595. The Kier molecular flexibility index (Phi) is 2.68. The first-order valence-electron chi connectivity index (χ1n) is 6.90. The number of aromatic nitrogens is 1.